The molecule has 0 saturated carbocycles. The summed E-state index contributed by atoms with van der Waals surface area (Å²) in [6, 6.07) is -0.238. The lowest BCUT2D eigenvalue weighted by atomic mass is 10.2. The third kappa shape index (κ3) is 3.66. The molecule has 0 spiro atoms. The van der Waals surface area contributed by atoms with Crippen LogP contribution in [0.1, 0.15) is 6.92 Å². The van der Waals surface area contributed by atoms with Gasteiger partial charge in [-0.1, -0.05) is 0 Å². The summed E-state index contributed by atoms with van der Waals surface area (Å²) in [6.45, 7) is 1.72. The molecule has 0 aromatic carbocycles. The van der Waals surface area contributed by atoms with E-state index in [1.54, 1.807) is 14.0 Å². The van der Waals surface area contributed by atoms with Crippen LogP contribution in [0.2, 0.25) is 0 Å². The number of ether oxygens (including phenoxy) is 2. The Morgan fingerprint density at radius 1 is 1.67 bits per heavy atom. The minimum atomic E-state index is -0.992. The van der Waals surface area contributed by atoms with E-state index in [1.807, 2.05) is 0 Å². The average molecular weight is 177 g/mol. The third-order valence-corrected chi connectivity index (χ3v) is 1.52. The summed E-state index contributed by atoms with van der Waals surface area (Å²) in [7, 11) is 3.12. The number of hydrogen-bond donors (Lipinski definition) is 2. The van der Waals surface area contributed by atoms with Gasteiger partial charge in [0.05, 0.1) is 0 Å². The normalized spacial score (nSPS) is 15.6. The molecule has 12 heavy (non-hydrogen) atoms. The monoisotopic (exact) mass is 177 g/mol. The van der Waals surface area contributed by atoms with Crippen LogP contribution in [0.15, 0.2) is 0 Å². The van der Waals surface area contributed by atoms with E-state index in [-0.39, 0.29) is 12.8 Å². The molecular formula is C7H15NO4. The summed E-state index contributed by atoms with van der Waals surface area (Å²) in [5.41, 5.74) is 0. The van der Waals surface area contributed by atoms with Crippen LogP contribution in [-0.4, -0.2) is 44.2 Å². The Labute approximate surface area is 71.7 Å². The van der Waals surface area contributed by atoms with E-state index in [0.29, 0.717) is 0 Å². The second kappa shape index (κ2) is 5.93. The summed E-state index contributed by atoms with van der Waals surface area (Å²) in [6.07, 6.45) is -0.866. The molecule has 0 aliphatic heterocycles. The molecule has 0 bridgehead atoms. The number of methoxy groups -OCH3 is 1. The lowest BCUT2D eigenvalue weighted by molar-refractivity contribution is -0.161. The highest BCUT2D eigenvalue weighted by atomic mass is 16.7. The van der Waals surface area contributed by atoms with Crippen molar-refractivity contribution in [1.82, 2.24) is 5.32 Å². The molecule has 2 atom stereocenters. The van der Waals surface area contributed by atoms with Gasteiger partial charge in [0.1, 0.15) is 6.79 Å². The van der Waals surface area contributed by atoms with Gasteiger partial charge in [-0.15, -0.1) is 0 Å². The van der Waals surface area contributed by atoms with E-state index in [2.05, 4.69) is 10.1 Å². The van der Waals surface area contributed by atoms with Crippen LogP contribution in [0, 0.1) is 0 Å². The second-order valence-electron chi connectivity index (χ2n) is 2.41. The summed E-state index contributed by atoms with van der Waals surface area (Å²) < 4.78 is 9.52. The van der Waals surface area contributed by atoms with Crippen molar-refractivity contribution in [2.75, 3.05) is 21.0 Å². The highest BCUT2D eigenvalue weighted by Crippen LogP contribution is 1.98. The first-order valence-corrected chi connectivity index (χ1v) is 3.64. The summed E-state index contributed by atoms with van der Waals surface area (Å²) >= 11 is 0. The summed E-state index contributed by atoms with van der Waals surface area (Å²) in [5, 5.41) is 11.5. The first-order chi connectivity index (χ1) is 5.63. The van der Waals surface area contributed by atoms with Crippen molar-refractivity contribution in [1.29, 1.82) is 0 Å². The number of aliphatic carboxylic acids is 1. The Morgan fingerprint density at radius 2 is 2.25 bits per heavy atom. The van der Waals surface area contributed by atoms with Crippen LogP contribution in [0.5, 0.6) is 0 Å². The lowest BCUT2D eigenvalue weighted by Crippen LogP contribution is -2.42. The molecule has 0 amide bonds. The molecule has 0 heterocycles. The first-order valence-electron chi connectivity index (χ1n) is 3.64. The van der Waals surface area contributed by atoms with Crippen LogP contribution < -0.4 is 5.32 Å². The maximum atomic E-state index is 10.6. The quantitative estimate of drug-likeness (QED) is 0.544. The van der Waals surface area contributed by atoms with E-state index >= 15 is 0 Å². The van der Waals surface area contributed by atoms with Gasteiger partial charge >= 0.3 is 5.97 Å². The van der Waals surface area contributed by atoms with Crippen LogP contribution in [-0.2, 0) is 14.3 Å². The summed E-state index contributed by atoms with van der Waals surface area (Å²) in [4.78, 5) is 10.6. The van der Waals surface area contributed by atoms with E-state index in [1.165, 1.54) is 7.11 Å². The topological polar surface area (TPSA) is 67.8 Å². The zero-order chi connectivity index (χ0) is 9.56. The van der Waals surface area contributed by atoms with Gasteiger partial charge in [0.2, 0.25) is 0 Å². The van der Waals surface area contributed by atoms with E-state index in [4.69, 9.17) is 9.84 Å². The average Bonchev–Trinajstić information content (AvgIpc) is 2.04. The highest BCUT2D eigenvalue weighted by molar-refractivity contribution is 5.73. The third-order valence-electron chi connectivity index (χ3n) is 1.52. The minimum Gasteiger partial charge on any atom is -0.479 e. The summed E-state index contributed by atoms with van der Waals surface area (Å²) in [5.74, 6) is -0.992. The fraction of sp³-hybridized carbons (Fsp3) is 0.857. The van der Waals surface area contributed by atoms with Crippen LogP contribution in [0.4, 0.5) is 0 Å². The molecule has 5 nitrogen and oxygen atoms in total. The molecule has 2 N–H and O–H groups in total. The maximum Gasteiger partial charge on any atom is 0.334 e. The second-order valence-corrected chi connectivity index (χ2v) is 2.41. The molecule has 0 aliphatic rings. The smallest absolute Gasteiger partial charge is 0.334 e. The largest absolute Gasteiger partial charge is 0.479 e. The van der Waals surface area contributed by atoms with Gasteiger partial charge in [0.15, 0.2) is 6.10 Å². The number of carbonyl (C=O) groups is 1. The number of rotatable bonds is 6. The number of carboxylic acid groups (broad SMARTS) is 1. The van der Waals surface area contributed by atoms with E-state index in [0.717, 1.165) is 0 Å². The molecule has 0 radical (unpaired) electrons. The zero-order valence-corrected chi connectivity index (χ0v) is 7.53. The Balaban J connectivity index is 3.94. The van der Waals surface area contributed by atoms with Crippen molar-refractivity contribution in [2.45, 2.75) is 19.1 Å². The predicted octanol–water partition coefficient (Wildman–Crippen LogP) is -0.332. The first kappa shape index (κ1) is 11.4. The Morgan fingerprint density at radius 3 is 2.58 bits per heavy atom. The van der Waals surface area contributed by atoms with Crippen LogP contribution in [0.3, 0.4) is 0 Å². The van der Waals surface area contributed by atoms with Crippen LogP contribution in [0.25, 0.3) is 0 Å². The molecule has 0 aromatic rings. The van der Waals surface area contributed by atoms with Crippen molar-refractivity contribution in [3.63, 3.8) is 0 Å². The highest BCUT2D eigenvalue weighted by Gasteiger charge is 2.23. The van der Waals surface area contributed by atoms with Crippen molar-refractivity contribution < 1.29 is 19.4 Å². The molecular weight excluding hydrogens is 162 g/mol. The van der Waals surface area contributed by atoms with E-state index in [9.17, 15) is 4.79 Å². The lowest BCUT2D eigenvalue weighted by Gasteiger charge is -2.19. The molecule has 5 heteroatoms. The van der Waals surface area contributed by atoms with E-state index < -0.39 is 12.1 Å². The van der Waals surface area contributed by atoms with Gasteiger partial charge in [0.25, 0.3) is 0 Å². The fourth-order valence-electron chi connectivity index (χ4n) is 0.722. The maximum absolute atomic E-state index is 10.6. The molecule has 0 aliphatic carbocycles. The molecule has 0 saturated heterocycles. The molecule has 0 rings (SSSR count). The van der Waals surface area contributed by atoms with Crippen molar-refractivity contribution in [3.8, 4) is 0 Å². The van der Waals surface area contributed by atoms with Gasteiger partial charge in [-0.25, -0.2) is 4.79 Å². The van der Waals surface area contributed by atoms with Crippen molar-refractivity contribution >= 4 is 5.97 Å². The standard InChI is InChI=1S/C7H15NO4/c1-5(8-2)6(7(9)10)12-4-11-3/h5-6,8H,4H2,1-3H3,(H,9,10). The Kier molecular flexibility index (Phi) is 5.61. The molecule has 72 valence electrons. The Bertz CT molecular complexity index is 139. The number of hydrogen-bond acceptors (Lipinski definition) is 4. The van der Waals surface area contributed by atoms with Gasteiger partial charge in [0, 0.05) is 13.2 Å². The molecule has 0 aromatic heterocycles. The number of carboxylic acids is 1. The van der Waals surface area contributed by atoms with Gasteiger partial charge in [-0.3, -0.25) is 0 Å². The van der Waals surface area contributed by atoms with Crippen LogP contribution >= 0.6 is 0 Å². The van der Waals surface area contributed by atoms with Crippen molar-refractivity contribution in [2.24, 2.45) is 0 Å². The number of likely N-dealkylation sites (N-methyl/N-ethyl adjacent to an activating group) is 1. The van der Waals surface area contributed by atoms with Gasteiger partial charge in [-0.05, 0) is 14.0 Å². The minimum absolute atomic E-state index is 0.0109. The van der Waals surface area contributed by atoms with Gasteiger partial charge < -0.3 is 19.9 Å². The van der Waals surface area contributed by atoms with Crippen molar-refractivity contribution in [3.05, 3.63) is 0 Å². The molecule has 0 fully saturated rings. The zero-order valence-electron chi connectivity index (χ0n) is 7.53. The SMILES string of the molecule is CNC(C)C(OCOC)C(=O)O. The fourth-order valence-corrected chi connectivity index (χ4v) is 0.722. The molecule has 2 unspecified atom stereocenters. The predicted molar refractivity (Wildman–Crippen MR) is 42.9 cm³/mol. The van der Waals surface area contributed by atoms with Gasteiger partial charge in [-0.2, -0.15) is 0 Å². The Hall–Kier alpha value is -0.650. The number of nitrogens with one attached hydrogen (secondary N) is 1.